The standard InChI is InChI=1S/C15H15BrClNO2/c1-20-15-7-6-10(8-12(15)16)18-9-14(19)11-4-2-3-5-13(11)17/h2-8,14,18-19H,9H2,1H3. The van der Waals surface area contributed by atoms with Gasteiger partial charge in [0.2, 0.25) is 0 Å². The second-order valence-electron chi connectivity index (χ2n) is 4.27. The monoisotopic (exact) mass is 355 g/mol. The molecule has 0 bridgehead atoms. The summed E-state index contributed by atoms with van der Waals surface area (Å²) in [5.74, 6) is 0.766. The number of hydrogen-bond donors (Lipinski definition) is 2. The summed E-state index contributed by atoms with van der Waals surface area (Å²) in [7, 11) is 1.62. The first kappa shape index (κ1) is 15.2. The Hall–Kier alpha value is -1.23. The smallest absolute Gasteiger partial charge is 0.133 e. The van der Waals surface area contributed by atoms with Crippen LogP contribution in [0.4, 0.5) is 5.69 Å². The minimum Gasteiger partial charge on any atom is -0.496 e. The molecule has 0 fully saturated rings. The first-order chi connectivity index (χ1) is 9.61. The van der Waals surface area contributed by atoms with Gasteiger partial charge in [0.25, 0.3) is 0 Å². The van der Waals surface area contributed by atoms with Gasteiger partial charge in [0.05, 0.1) is 17.7 Å². The van der Waals surface area contributed by atoms with Gasteiger partial charge in [0.1, 0.15) is 5.75 Å². The number of ether oxygens (including phenoxy) is 1. The molecule has 0 aliphatic rings. The third kappa shape index (κ3) is 3.66. The molecule has 2 aromatic carbocycles. The van der Waals surface area contributed by atoms with Gasteiger partial charge in [0, 0.05) is 22.8 Å². The number of benzene rings is 2. The summed E-state index contributed by atoms with van der Waals surface area (Å²) >= 11 is 9.48. The normalized spacial score (nSPS) is 12.0. The fourth-order valence-corrected chi connectivity index (χ4v) is 2.65. The zero-order valence-electron chi connectivity index (χ0n) is 10.9. The van der Waals surface area contributed by atoms with Crippen LogP contribution < -0.4 is 10.1 Å². The number of aliphatic hydroxyl groups excluding tert-OH is 1. The Kier molecular flexibility index (Phi) is 5.29. The van der Waals surface area contributed by atoms with Crippen molar-refractivity contribution < 1.29 is 9.84 Å². The SMILES string of the molecule is COc1ccc(NCC(O)c2ccccc2Cl)cc1Br. The molecule has 0 aliphatic heterocycles. The second-order valence-corrected chi connectivity index (χ2v) is 5.53. The van der Waals surface area contributed by atoms with Gasteiger partial charge in [-0.2, -0.15) is 0 Å². The van der Waals surface area contributed by atoms with E-state index in [2.05, 4.69) is 21.2 Å². The molecule has 2 aromatic rings. The largest absolute Gasteiger partial charge is 0.496 e. The van der Waals surface area contributed by atoms with Gasteiger partial charge < -0.3 is 15.2 Å². The van der Waals surface area contributed by atoms with Gasteiger partial charge in [-0.15, -0.1) is 0 Å². The van der Waals surface area contributed by atoms with Gasteiger partial charge in [-0.05, 0) is 40.2 Å². The molecule has 0 aromatic heterocycles. The van der Waals surface area contributed by atoms with Crippen LogP contribution >= 0.6 is 27.5 Å². The Labute approximate surface area is 131 Å². The minimum atomic E-state index is -0.662. The van der Waals surface area contributed by atoms with Crippen molar-refractivity contribution >= 4 is 33.2 Å². The number of aliphatic hydroxyl groups is 1. The lowest BCUT2D eigenvalue weighted by atomic mass is 10.1. The fraction of sp³-hybridized carbons (Fsp3) is 0.200. The van der Waals surface area contributed by atoms with Gasteiger partial charge in [-0.1, -0.05) is 29.8 Å². The van der Waals surface area contributed by atoms with E-state index in [1.165, 1.54) is 0 Å². The quantitative estimate of drug-likeness (QED) is 0.841. The topological polar surface area (TPSA) is 41.5 Å². The van der Waals surface area contributed by atoms with Crippen molar-refractivity contribution in [1.29, 1.82) is 0 Å². The zero-order chi connectivity index (χ0) is 14.5. The molecule has 20 heavy (non-hydrogen) atoms. The van der Waals surface area contributed by atoms with Crippen LogP contribution in [0.5, 0.6) is 5.75 Å². The molecule has 3 nitrogen and oxygen atoms in total. The van der Waals surface area contributed by atoms with Crippen molar-refractivity contribution in [3.63, 3.8) is 0 Å². The van der Waals surface area contributed by atoms with Crippen molar-refractivity contribution in [3.8, 4) is 5.75 Å². The van der Waals surface area contributed by atoms with Gasteiger partial charge >= 0.3 is 0 Å². The van der Waals surface area contributed by atoms with Crippen LogP contribution in [-0.2, 0) is 0 Å². The van der Waals surface area contributed by atoms with Gasteiger partial charge in [-0.3, -0.25) is 0 Å². The third-order valence-corrected chi connectivity index (χ3v) is 3.88. The molecule has 0 saturated carbocycles. The molecule has 5 heteroatoms. The molecule has 2 N–H and O–H groups in total. The van der Waals surface area contributed by atoms with Crippen LogP contribution in [0.1, 0.15) is 11.7 Å². The summed E-state index contributed by atoms with van der Waals surface area (Å²) in [6, 6.07) is 12.9. The third-order valence-electron chi connectivity index (χ3n) is 2.92. The van der Waals surface area contributed by atoms with Crippen LogP contribution in [-0.4, -0.2) is 18.8 Å². The molecular formula is C15H15BrClNO2. The van der Waals surface area contributed by atoms with E-state index in [1.807, 2.05) is 36.4 Å². The highest BCUT2D eigenvalue weighted by Gasteiger charge is 2.11. The number of nitrogens with one attached hydrogen (secondary N) is 1. The van der Waals surface area contributed by atoms with E-state index in [4.69, 9.17) is 16.3 Å². The predicted octanol–water partition coefficient (Wildman–Crippen LogP) is 4.26. The van der Waals surface area contributed by atoms with Crippen molar-refractivity contribution in [2.45, 2.75) is 6.10 Å². The Morgan fingerprint density at radius 2 is 2.05 bits per heavy atom. The van der Waals surface area contributed by atoms with E-state index >= 15 is 0 Å². The van der Waals surface area contributed by atoms with Crippen LogP contribution in [0.15, 0.2) is 46.9 Å². The first-order valence-electron chi connectivity index (χ1n) is 6.11. The number of rotatable bonds is 5. The van der Waals surface area contributed by atoms with E-state index in [0.717, 1.165) is 15.9 Å². The van der Waals surface area contributed by atoms with Crippen LogP contribution in [0, 0.1) is 0 Å². The van der Waals surface area contributed by atoms with Crippen LogP contribution in [0.3, 0.4) is 0 Å². The molecule has 2 rings (SSSR count). The maximum Gasteiger partial charge on any atom is 0.133 e. The highest BCUT2D eigenvalue weighted by molar-refractivity contribution is 9.10. The van der Waals surface area contributed by atoms with Crippen LogP contribution in [0.2, 0.25) is 5.02 Å². The fourth-order valence-electron chi connectivity index (χ4n) is 1.85. The molecule has 0 radical (unpaired) electrons. The predicted molar refractivity (Wildman–Crippen MR) is 85.6 cm³/mol. The van der Waals surface area contributed by atoms with Crippen LogP contribution in [0.25, 0.3) is 0 Å². The van der Waals surface area contributed by atoms with Gasteiger partial charge in [-0.25, -0.2) is 0 Å². The maximum atomic E-state index is 10.1. The Morgan fingerprint density at radius 3 is 2.70 bits per heavy atom. The summed E-state index contributed by atoms with van der Waals surface area (Å²) in [6.45, 7) is 0.377. The van der Waals surface area contributed by atoms with Crippen molar-refractivity contribution in [3.05, 3.63) is 57.5 Å². The summed E-state index contributed by atoms with van der Waals surface area (Å²) in [5.41, 5.74) is 1.61. The molecule has 0 spiro atoms. The summed E-state index contributed by atoms with van der Waals surface area (Å²) in [4.78, 5) is 0. The molecule has 1 atom stereocenters. The lowest BCUT2D eigenvalue weighted by Gasteiger charge is -2.15. The van der Waals surface area contributed by atoms with E-state index in [-0.39, 0.29) is 0 Å². The van der Waals surface area contributed by atoms with E-state index in [9.17, 15) is 5.11 Å². The Morgan fingerprint density at radius 1 is 1.30 bits per heavy atom. The van der Waals surface area contributed by atoms with Crippen molar-refractivity contribution in [1.82, 2.24) is 0 Å². The minimum absolute atomic E-state index is 0.377. The molecule has 0 saturated heterocycles. The number of anilines is 1. The van der Waals surface area contributed by atoms with Gasteiger partial charge in [0.15, 0.2) is 0 Å². The van der Waals surface area contributed by atoms with E-state index in [1.54, 1.807) is 13.2 Å². The number of halogens is 2. The molecule has 1 unspecified atom stereocenters. The number of hydrogen-bond acceptors (Lipinski definition) is 3. The molecule has 0 aliphatic carbocycles. The maximum absolute atomic E-state index is 10.1. The summed E-state index contributed by atoms with van der Waals surface area (Å²) < 4.78 is 6.03. The second kappa shape index (κ2) is 6.97. The molecule has 106 valence electrons. The highest BCUT2D eigenvalue weighted by Crippen LogP contribution is 2.28. The molecular weight excluding hydrogens is 342 g/mol. The van der Waals surface area contributed by atoms with E-state index < -0.39 is 6.10 Å². The Bertz CT molecular complexity index is 592. The summed E-state index contributed by atoms with van der Waals surface area (Å²) in [6.07, 6.45) is -0.662. The van der Waals surface area contributed by atoms with Crippen molar-refractivity contribution in [2.75, 3.05) is 19.0 Å². The average Bonchev–Trinajstić information content (AvgIpc) is 2.45. The summed E-state index contributed by atoms with van der Waals surface area (Å²) in [5, 5.41) is 13.9. The zero-order valence-corrected chi connectivity index (χ0v) is 13.3. The van der Waals surface area contributed by atoms with Crippen molar-refractivity contribution in [2.24, 2.45) is 0 Å². The number of methoxy groups -OCH3 is 1. The average molecular weight is 357 g/mol. The molecule has 0 heterocycles. The lowest BCUT2D eigenvalue weighted by molar-refractivity contribution is 0.192. The molecule has 0 amide bonds. The highest BCUT2D eigenvalue weighted by atomic mass is 79.9. The first-order valence-corrected chi connectivity index (χ1v) is 7.29. The lowest BCUT2D eigenvalue weighted by Crippen LogP contribution is -2.12. The van der Waals surface area contributed by atoms with E-state index in [0.29, 0.717) is 17.1 Å². The Balaban J connectivity index is 2.02.